The van der Waals surface area contributed by atoms with E-state index in [-0.39, 0.29) is 24.5 Å². The van der Waals surface area contributed by atoms with Crippen molar-refractivity contribution in [3.8, 4) is 0 Å². The summed E-state index contributed by atoms with van der Waals surface area (Å²) in [4.78, 5) is 38.3. The molecule has 0 spiro atoms. The molecule has 0 radical (unpaired) electrons. The number of unbranched alkanes of at least 4 members (excludes halogenated alkanes) is 1. The summed E-state index contributed by atoms with van der Waals surface area (Å²) in [6.45, 7) is 6.89. The van der Waals surface area contributed by atoms with E-state index in [1.165, 1.54) is 12.2 Å². The molecule has 6 nitrogen and oxygen atoms in total. The smallest absolute Gasteiger partial charge is 0.306 e. The van der Waals surface area contributed by atoms with E-state index < -0.39 is 58.4 Å². The Bertz CT molecular complexity index is 1420. The normalized spacial score (nSPS) is 35.8. The van der Waals surface area contributed by atoms with Crippen LogP contribution >= 0.6 is 0 Å². The van der Waals surface area contributed by atoms with Gasteiger partial charge < -0.3 is 14.9 Å². The van der Waals surface area contributed by atoms with E-state index >= 15 is 4.39 Å². The zero-order chi connectivity index (χ0) is 35.7. The monoisotopic (exact) mass is 676 g/mol. The predicted octanol–water partition coefficient (Wildman–Crippen LogP) is 8.37. The van der Waals surface area contributed by atoms with E-state index in [4.69, 9.17) is 4.74 Å². The van der Waals surface area contributed by atoms with Gasteiger partial charge in [-0.2, -0.15) is 0 Å². The van der Waals surface area contributed by atoms with Crippen molar-refractivity contribution in [2.24, 2.45) is 28.6 Å². The molecule has 4 aliphatic carbocycles. The van der Waals surface area contributed by atoms with Crippen molar-refractivity contribution in [2.75, 3.05) is 6.61 Å². The summed E-state index contributed by atoms with van der Waals surface area (Å²) in [5.74, 6) is -2.76. The summed E-state index contributed by atoms with van der Waals surface area (Å²) in [5.41, 5.74) is -5.46. The van der Waals surface area contributed by atoms with Gasteiger partial charge in [-0.3, -0.25) is 14.4 Å². The van der Waals surface area contributed by atoms with Gasteiger partial charge in [0.05, 0.1) is 6.10 Å². The van der Waals surface area contributed by atoms with Gasteiger partial charge >= 0.3 is 5.97 Å². The van der Waals surface area contributed by atoms with Crippen LogP contribution < -0.4 is 0 Å². The van der Waals surface area contributed by atoms with Crippen LogP contribution in [-0.2, 0) is 19.1 Å². The molecule has 3 saturated carbocycles. The summed E-state index contributed by atoms with van der Waals surface area (Å²) < 4.78 is 22.7. The average Bonchev–Trinajstić information content (AvgIpc) is 3.27. The Morgan fingerprint density at radius 1 is 0.959 bits per heavy atom. The Morgan fingerprint density at radius 3 is 2.16 bits per heavy atom. The molecule has 0 aliphatic heterocycles. The topological polar surface area (TPSA) is 101 Å². The van der Waals surface area contributed by atoms with Crippen molar-refractivity contribution < 1.29 is 33.7 Å². The van der Waals surface area contributed by atoms with Gasteiger partial charge in [0.2, 0.25) is 5.78 Å². The van der Waals surface area contributed by atoms with E-state index in [1.54, 1.807) is 26.8 Å². The number of allylic oxidation sites excluding steroid dienone is 14. The van der Waals surface area contributed by atoms with Crippen LogP contribution in [0, 0.1) is 28.6 Å². The molecule has 4 rings (SSSR count). The number of carbonyl (C=O) groups is 3. The van der Waals surface area contributed by atoms with Crippen LogP contribution in [0.5, 0.6) is 0 Å². The molecule has 4 aliphatic rings. The van der Waals surface area contributed by atoms with E-state index in [2.05, 4.69) is 61.6 Å². The molecule has 0 unspecified atom stereocenters. The summed E-state index contributed by atoms with van der Waals surface area (Å²) in [7, 11) is 0. The van der Waals surface area contributed by atoms with Crippen LogP contribution in [0.2, 0.25) is 0 Å². The minimum atomic E-state index is -2.04. The second-order valence-corrected chi connectivity index (χ2v) is 14.9. The molecule has 8 atom stereocenters. The number of halogens is 1. The van der Waals surface area contributed by atoms with Crippen molar-refractivity contribution in [3.05, 3.63) is 84.6 Å². The first-order valence-corrected chi connectivity index (χ1v) is 18.3. The lowest BCUT2D eigenvalue weighted by molar-refractivity contribution is -0.220. The highest BCUT2D eigenvalue weighted by Crippen LogP contribution is 2.70. The number of esters is 1. The van der Waals surface area contributed by atoms with Crippen LogP contribution in [0.1, 0.15) is 105 Å². The molecule has 268 valence electrons. The highest BCUT2D eigenvalue weighted by molar-refractivity contribution is 6.01. The average molecular weight is 677 g/mol. The van der Waals surface area contributed by atoms with Gasteiger partial charge in [0.1, 0.15) is 5.60 Å². The van der Waals surface area contributed by atoms with Crippen LogP contribution in [0.15, 0.2) is 84.6 Å². The van der Waals surface area contributed by atoms with Gasteiger partial charge in [0, 0.05) is 23.2 Å². The summed E-state index contributed by atoms with van der Waals surface area (Å²) in [6.07, 6.45) is 31.8. The number of fused-ring (bicyclic) bond motifs is 5. The highest BCUT2D eigenvalue weighted by Gasteiger charge is 2.75. The Balaban J connectivity index is 1.21. The number of carbonyl (C=O) groups excluding carboxylic acids is 3. The third-order valence-electron chi connectivity index (χ3n) is 11.9. The number of aliphatic hydroxyl groups excluding tert-OH is 1. The van der Waals surface area contributed by atoms with Crippen LogP contribution in [0.3, 0.4) is 0 Å². The fraction of sp³-hybridized carbons (Fsp3) is 0.595. The first-order chi connectivity index (χ1) is 23.4. The molecule has 0 amide bonds. The molecule has 2 N–H and O–H groups in total. The second kappa shape index (κ2) is 16.7. The number of alkyl halides is 1. The number of Topliss-reactive ketones (excluding diaryl/α,β-unsaturated/α-hetero) is 1. The van der Waals surface area contributed by atoms with Crippen molar-refractivity contribution in [1.29, 1.82) is 0 Å². The largest absolute Gasteiger partial charge is 0.458 e. The zero-order valence-electron chi connectivity index (χ0n) is 29.9. The maximum Gasteiger partial charge on any atom is 0.306 e. The molecule has 49 heavy (non-hydrogen) atoms. The summed E-state index contributed by atoms with van der Waals surface area (Å²) in [5, 5.41) is 23.6. The van der Waals surface area contributed by atoms with Crippen molar-refractivity contribution in [3.63, 3.8) is 0 Å². The van der Waals surface area contributed by atoms with Gasteiger partial charge in [-0.25, -0.2) is 4.39 Å². The third kappa shape index (κ3) is 7.78. The van der Waals surface area contributed by atoms with Gasteiger partial charge in [0.25, 0.3) is 0 Å². The minimum Gasteiger partial charge on any atom is -0.458 e. The van der Waals surface area contributed by atoms with Crippen molar-refractivity contribution in [1.82, 2.24) is 0 Å². The third-order valence-corrected chi connectivity index (χ3v) is 11.9. The van der Waals surface area contributed by atoms with E-state index in [0.29, 0.717) is 37.7 Å². The number of hydrogen-bond acceptors (Lipinski definition) is 6. The first-order valence-electron chi connectivity index (χ1n) is 18.3. The number of aliphatic hydroxyl groups is 2. The predicted molar refractivity (Wildman–Crippen MR) is 192 cm³/mol. The quantitative estimate of drug-likeness (QED) is 0.0968. The standard InChI is InChI=1S/C42H57FO6/c1-5-6-7-8-9-10-11-12-13-14-15-16-17-18-19-20-21-22-38(47)49-30-37(46)42(48)31(2)27-35-34-24-23-32-28-33(44)25-26-39(32,3)41(34,43)36(45)29-40(35,42)4/h6-7,9-10,12-13,15-16,18-19,25-26,28,31,34-36,45,48H,5,8,11,14,17,20-24,27,29-30H2,1-4H3/t31-,34+,35+,36+,39+,40+,41+,42+/m1/s1. The zero-order valence-corrected chi connectivity index (χ0v) is 29.9. The molecular weight excluding hydrogens is 619 g/mol. The molecule has 0 bridgehead atoms. The van der Waals surface area contributed by atoms with Crippen LogP contribution in [0.4, 0.5) is 4.39 Å². The van der Waals surface area contributed by atoms with Gasteiger partial charge in [-0.1, -0.05) is 93.2 Å². The van der Waals surface area contributed by atoms with Gasteiger partial charge in [-0.05, 0) is 102 Å². The highest BCUT2D eigenvalue weighted by atomic mass is 19.1. The molecular formula is C42H57FO6. The van der Waals surface area contributed by atoms with Crippen LogP contribution in [-0.4, -0.2) is 51.7 Å². The van der Waals surface area contributed by atoms with E-state index in [1.807, 2.05) is 6.08 Å². The number of rotatable bonds is 16. The number of ketones is 2. The Kier molecular flexibility index (Phi) is 13.2. The maximum absolute atomic E-state index is 17.3. The maximum atomic E-state index is 17.3. The number of hydrogen-bond donors (Lipinski definition) is 2. The second-order valence-electron chi connectivity index (χ2n) is 14.9. The lowest BCUT2D eigenvalue weighted by Gasteiger charge is -2.62. The number of ether oxygens (including phenoxy) is 1. The van der Waals surface area contributed by atoms with Crippen molar-refractivity contribution in [2.45, 2.75) is 122 Å². The summed E-state index contributed by atoms with van der Waals surface area (Å²) in [6, 6.07) is 0. The Hall–Kier alpha value is -3.16. The SMILES string of the molecule is CCC=CCC=CCC=CCC=CCC=CCCCC(=O)OCC(=O)[C@@]1(O)[C@H](C)C[C@H]2[C@@H]3CCC4=CC(=O)C=C[C@]4(C)[C@@]3(F)[C@@H](O)C[C@@]21C. The van der Waals surface area contributed by atoms with Gasteiger partial charge in [-0.15, -0.1) is 0 Å². The van der Waals surface area contributed by atoms with E-state index in [9.17, 15) is 24.6 Å². The summed E-state index contributed by atoms with van der Waals surface area (Å²) >= 11 is 0. The Labute approximate surface area is 292 Å². The lowest BCUT2D eigenvalue weighted by Crippen LogP contribution is -2.69. The molecule has 0 heterocycles. The van der Waals surface area contributed by atoms with Gasteiger partial charge in [0.15, 0.2) is 18.1 Å². The fourth-order valence-electron chi connectivity index (χ4n) is 9.20. The fourth-order valence-corrected chi connectivity index (χ4v) is 9.20. The molecule has 3 fully saturated rings. The molecule has 7 heteroatoms. The first kappa shape index (κ1) is 38.6. The Morgan fingerprint density at radius 2 is 1.55 bits per heavy atom. The molecule has 0 aromatic rings. The molecule has 0 aromatic heterocycles. The van der Waals surface area contributed by atoms with Crippen molar-refractivity contribution >= 4 is 17.5 Å². The van der Waals surface area contributed by atoms with Crippen LogP contribution in [0.25, 0.3) is 0 Å². The van der Waals surface area contributed by atoms with E-state index in [0.717, 1.165) is 32.1 Å². The molecule has 0 saturated heterocycles. The molecule has 0 aromatic carbocycles. The lowest BCUT2D eigenvalue weighted by atomic mass is 9.44. The minimum absolute atomic E-state index is 0.108.